The van der Waals surface area contributed by atoms with Crippen LogP contribution in [0.4, 0.5) is 11.4 Å². The lowest BCUT2D eigenvalue weighted by molar-refractivity contribution is 0.0988. The van der Waals surface area contributed by atoms with E-state index in [0.717, 1.165) is 16.8 Å². The summed E-state index contributed by atoms with van der Waals surface area (Å²) in [5, 5.41) is 0. The van der Waals surface area contributed by atoms with Crippen molar-refractivity contribution in [3.8, 4) is 0 Å². The molecule has 2 aromatic carbocycles. The Morgan fingerprint density at radius 3 is 2.38 bits per heavy atom. The lowest BCUT2D eigenvalue weighted by Crippen LogP contribution is -2.31. The summed E-state index contributed by atoms with van der Waals surface area (Å²) in [6, 6.07) is 12.9. The summed E-state index contributed by atoms with van der Waals surface area (Å²) in [5.41, 5.74) is 4.11. The SMILES string of the molecule is CCN(C(=O)c1cccc(N2CCCS2(=O)=O)c1)c1cc(C)cc(C)c1. The van der Waals surface area contributed by atoms with E-state index < -0.39 is 10.0 Å². The first-order valence-electron chi connectivity index (χ1n) is 8.82. The summed E-state index contributed by atoms with van der Waals surface area (Å²) >= 11 is 0. The number of benzene rings is 2. The van der Waals surface area contributed by atoms with E-state index >= 15 is 0 Å². The Morgan fingerprint density at radius 1 is 1.12 bits per heavy atom. The third-order valence-electron chi connectivity index (χ3n) is 4.56. The molecule has 1 fully saturated rings. The van der Waals surface area contributed by atoms with Gasteiger partial charge in [0.15, 0.2) is 0 Å². The molecule has 1 aliphatic rings. The van der Waals surface area contributed by atoms with Gasteiger partial charge in [-0.1, -0.05) is 12.1 Å². The first-order valence-corrected chi connectivity index (χ1v) is 10.4. The smallest absolute Gasteiger partial charge is 0.258 e. The normalized spacial score (nSPS) is 15.9. The first kappa shape index (κ1) is 18.5. The first-order chi connectivity index (χ1) is 12.3. The molecule has 0 unspecified atom stereocenters. The van der Waals surface area contributed by atoms with Crippen LogP contribution in [-0.4, -0.2) is 33.2 Å². The van der Waals surface area contributed by atoms with Gasteiger partial charge in [-0.05, 0) is 68.7 Å². The van der Waals surface area contributed by atoms with Crippen molar-refractivity contribution >= 4 is 27.3 Å². The molecule has 0 aliphatic carbocycles. The van der Waals surface area contributed by atoms with Gasteiger partial charge in [0.2, 0.25) is 10.0 Å². The quantitative estimate of drug-likeness (QED) is 0.825. The third kappa shape index (κ3) is 3.60. The van der Waals surface area contributed by atoms with Crippen molar-refractivity contribution in [2.45, 2.75) is 27.2 Å². The second-order valence-electron chi connectivity index (χ2n) is 6.69. The zero-order valence-corrected chi connectivity index (χ0v) is 16.2. The highest BCUT2D eigenvalue weighted by Gasteiger charge is 2.29. The summed E-state index contributed by atoms with van der Waals surface area (Å²) in [6.45, 7) is 6.95. The van der Waals surface area contributed by atoms with Crippen LogP contribution in [0.15, 0.2) is 42.5 Å². The summed E-state index contributed by atoms with van der Waals surface area (Å²) in [4.78, 5) is 14.8. The van der Waals surface area contributed by atoms with E-state index in [1.807, 2.05) is 32.9 Å². The molecule has 26 heavy (non-hydrogen) atoms. The molecule has 1 amide bonds. The monoisotopic (exact) mass is 372 g/mol. The largest absolute Gasteiger partial charge is 0.309 e. The highest BCUT2D eigenvalue weighted by atomic mass is 32.2. The number of hydrogen-bond acceptors (Lipinski definition) is 3. The number of carbonyl (C=O) groups is 1. The van der Waals surface area contributed by atoms with E-state index in [4.69, 9.17) is 0 Å². The number of anilines is 2. The van der Waals surface area contributed by atoms with Crippen LogP contribution in [0.25, 0.3) is 0 Å². The van der Waals surface area contributed by atoms with E-state index in [-0.39, 0.29) is 11.7 Å². The molecule has 6 heteroatoms. The summed E-state index contributed by atoms with van der Waals surface area (Å²) < 4.78 is 25.7. The summed E-state index contributed by atoms with van der Waals surface area (Å²) in [6.07, 6.45) is 0.615. The molecule has 0 radical (unpaired) electrons. The van der Waals surface area contributed by atoms with E-state index in [1.165, 1.54) is 4.31 Å². The number of aryl methyl sites for hydroxylation is 2. The van der Waals surface area contributed by atoms with E-state index in [2.05, 4.69) is 6.07 Å². The Hall–Kier alpha value is -2.34. The molecule has 0 bridgehead atoms. The molecule has 1 heterocycles. The van der Waals surface area contributed by atoms with Gasteiger partial charge < -0.3 is 4.90 Å². The van der Waals surface area contributed by atoms with Gasteiger partial charge >= 0.3 is 0 Å². The third-order valence-corrected chi connectivity index (χ3v) is 6.43. The predicted molar refractivity (Wildman–Crippen MR) is 105 cm³/mol. The maximum Gasteiger partial charge on any atom is 0.258 e. The number of sulfonamides is 1. The summed E-state index contributed by atoms with van der Waals surface area (Å²) in [7, 11) is -3.26. The van der Waals surface area contributed by atoms with Crippen molar-refractivity contribution < 1.29 is 13.2 Å². The predicted octanol–water partition coefficient (Wildman–Crippen LogP) is 3.51. The van der Waals surface area contributed by atoms with Gasteiger partial charge in [-0.3, -0.25) is 9.10 Å². The van der Waals surface area contributed by atoms with Gasteiger partial charge in [0.05, 0.1) is 11.4 Å². The highest BCUT2D eigenvalue weighted by molar-refractivity contribution is 7.93. The number of carbonyl (C=O) groups excluding carboxylic acids is 1. The van der Waals surface area contributed by atoms with Crippen molar-refractivity contribution in [3.63, 3.8) is 0 Å². The van der Waals surface area contributed by atoms with Crippen LogP contribution in [0.1, 0.15) is 34.8 Å². The van der Waals surface area contributed by atoms with Crippen LogP contribution >= 0.6 is 0 Å². The molecule has 5 nitrogen and oxygen atoms in total. The van der Waals surface area contributed by atoms with Gasteiger partial charge in [0.25, 0.3) is 5.91 Å². The molecule has 0 aromatic heterocycles. The molecular weight excluding hydrogens is 348 g/mol. The van der Waals surface area contributed by atoms with Gasteiger partial charge in [-0.2, -0.15) is 0 Å². The number of nitrogens with zero attached hydrogens (tertiary/aromatic N) is 2. The van der Waals surface area contributed by atoms with Gasteiger partial charge in [0.1, 0.15) is 0 Å². The molecule has 1 aliphatic heterocycles. The minimum Gasteiger partial charge on any atom is -0.309 e. The Labute approximate surface area is 155 Å². The van der Waals surface area contributed by atoms with Crippen molar-refractivity contribution in [2.24, 2.45) is 0 Å². The van der Waals surface area contributed by atoms with E-state index in [9.17, 15) is 13.2 Å². The highest BCUT2D eigenvalue weighted by Crippen LogP contribution is 2.26. The second kappa shape index (κ2) is 7.11. The Bertz CT molecular complexity index is 918. The van der Waals surface area contributed by atoms with Crippen LogP contribution in [0.2, 0.25) is 0 Å². The van der Waals surface area contributed by atoms with Crippen LogP contribution in [0.5, 0.6) is 0 Å². The van der Waals surface area contributed by atoms with E-state index in [1.54, 1.807) is 29.2 Å². The van der Waals surface area contributed by atoms with Crippen molar-refractivity contribution in [1.82, 2.24) is 0 Å². The molecular formula is C20H24N2O3S. The molecule has 0 N–H and O–H groups in total. The van der Waals surface area contributed by atoms with Gasteiger partial charge in [0, 0.05) is 24.3 Å². The van der Waals surface area contributed by atoms with Crippen LogP contribution in [-0.2, 0) is 10.0 Å². The summed E-state index contributed by atoms with van der Waals surface area (Å²) in [5.74, 6) is 0.0328. The van der Waals surface area contributed by atoms with Crippen LogP contribution in [0, 0.1) is 13.8 Å². The maximum atomic E-state index is 13.1. The Morgan fingerprint density at radius 2 is 1.81 bits per heavy atom. The zero-order valence-electron chi connectivity index (χ0n) is 15.4. The molecule has 2 aromatic rings. The second-order valence-corrected chi connectivity index (χ2v) is 8.70. The van der Waals surface area contributed by atoms with Crippen molar-refractivity contribution in [3.05, 3.63) is 59.2 Å². The minimum absolute atomic E-state index is 0.129. The molecule has 0 saturated carbocycles. The lowest BCUT2D eigenvalue weighted by Gasteiger charge is -2.23. The average Bonchev–Trinajstić information content (AvgIpc) is 2.94. The van der Waals surface area contributed by atoms with Gasteiger partial charge in [-0.15, -0.1) is 0 Å². The lowest BCUT2D eigenvalue weighted by atomic mass is 10.1. The number of rotatable bonds is 4. The Kier molecular flexibility index (Phi) is 5.05. The topological polar surface area (TPSA) is 57.7 Å². The van der Waals surface area contributed by atoms with Gasteiger partial charge in [-0.25, -0.2) is 8.42 Å². The van der Waals surface area contributed by atoms with Crippen LogP contribution < -0.4 is 9.21 Å². The average molecular weight is 372 g/mol. The van der Waals surface area contributed by atoms with Crippen molar-refractivity contribution in [2.75, 3.05) is 28.0 Å². The molecule has 0 atom stereocenters. The zero-order chi connectivity index (χ0) is 18.9. The fraction of sp³-hybridized carbons (Fsp3) is 0.350. The molecule has 0 spiro atoms. The fourth-order valence-corrected chi connectivity index (χ4v) is 4.99. The Balaban J connectivity index is 1.95. The van der Waals surface area contributed by atoms with Crippen molar-refractivity contribution in [1.29, 1.82) is 0 Å². The molecule has 3 rings (SSSR count). The number of hydrogen-bond donors (Lipinski definition) is 0. The molecule has 138 valence electrons. The molecule has 1 saturated heterocycles. The van der Waals surface area contributed by atoms with E-state index in [0.29, 0.717) is 30.8 Å². The minimum atomic E-state index is -3.26. The maximum absolute atomic E-state index is 13.1. The van der Waals surface area contributed by atoms with Crippen LogP contribution in [0.3, 0.4) is 0 Å². The standard InChI is InChI=1S/C20H24N2O3S/c1-4-21(19-12-15(2)11-16(3)13-19)20(23)17-7-5-8-18(14-17)22-9-6-10-26(22,24)25/h5,7-8,11-14H,4,6,9-10H2,1-3H3. The fourth-order valence-electron chi connectivity index (χ4n) is 3.43. The number of amides is 1.